The Hall–Kier alpha value is -0.330. The normalized spacial score (nSPS) is 16.6. The second-order valence-electron chi connectivity index (χ2n) is 4.53. The predicted octanol–water partition coefficient (Wildman–Crippen LogP) is 2.77. The Balaban J connectivity index is 2.11. The maximum atomic E-state index is 12.4. The van der Waals surface area contributed by atoms with Crippen LogP contribution in [-0.4, -0.2) is 37.0 Å². The fourth-order valence-corrected chi connectivity index (χ4v) is 2.71. The molecule has 0 bridgehead atoms. The van der Waals surface area contributed by atoms with Crippen molar-refractivity contribution in [3.05, 3.63) is 32.4 Å². The van der Waals surface area contributed by atoms with Crippen molar-refractivity contribution in [2.24, 2.45) is 0 Å². The Bertz CT molecular complexity index is 447. The van der Waals surface area contributed by atoms with Gasteiger partial charge in [0.2, 0.25) is 0 Å². The van der Waals surface area contributed by atoms with E-state index in [2.05, 4.69) is 27.9 Å². The van der Waals surface area contributed by atoms with Crippen LogP contribution in [0.5, 0.6) is 0 Å². The molecule has 0 radical (unpaired) electrons. The van der Waals surface area contributed by atoms with E-state index in [1.54, 1.807) is 6.07 Å². The molecule has 1 aromatic rings. The van der Waals surface area contributed by atoms with Crippen LogP contribution in [0.4, 0.5) is 0 Å². The fourth-order valence-electron chi connectivity index (χ4n) is 2.19. The molecule has 0 aromatic heterocycles. The molecule has 1 amide bonds. The zero-order valence-electron chi connectivity index (χ0n) is 10.2. The van der Waals surface area contributed by atoms with Crippen molar-refractivity contribution in [3.8, 4) is 0 Å². The third-order valence-electron chi connectivity index (χ3n) is 3.34. The number of halogens is 2. The number of benzene rings is 1. The van der Waals surface area contributed by atoms with Gasteiger partial charge >= 0.3 is 0 Å². The van der Waals surface area contributed by atoms with Gasteiger partial charge in [0.25, 0.3) is 5.91 Å². The predicted molar refractivity (Wildman–Crippen MR) is 82.2 cm³/mol. The van der Waals surface area contributed by atoms with Crippen molar-refractivity contribution in [2.45, 2.75) is 18.9 Å². The topological polar surface area (TPSA) is 32.3 Å². The first-order chi connectivity index (χ1) is 8.59. The molecule has 1 N–H and O–H groups in total. The molecular formula is C13H16ClIN2O. The second kappa shape index (κ2) is 6.21. The van der Waals surface area contributed by atoms with Crippen LogP contribution in [0, 0.1) is 3.57 Å². The Labute approximate surface area is 126 Å². The monoisotopic (exact) mass is 378 g/mol. The van der Waals surface area contributed by atoms with E-state index in [-0.39, 0.29) is 5.91 Å². The molecule has 0 aliphatic carbocycles. The SMILES string of the molecule is CN(C(=O)c1ccc(I)c(Cl)c1)C1CCNCC1. The van der Waals surface area contributed by atoms with Crippen molar-refractivity contribution < 1.29 is 4.79 Å². The highest BCUT2D eigenvalue weighted by Gasteiger charge is 2.23. The van der Waals surface area contributed by atoms with Crippen molar-refractivity contribution >= 4 is 40.1 Å². The molecule has 98 valence electrons. The van der Waals surface area contributed by atoms with Gasteiger partial charge in [0.1, 0.15) is 0 Å². The Kier molecular flexibility index (Phi) is 4.86. The molecule has 1 saturated heterocycles. The van der Waals surface area contributed by atoms with Crippen molar-refractivity contribution in [3.63, 3.8) is 0 Å². The van der Waals surface area contributed by atoms with Gasteiger partial charge in [0.05, 0.1) is 5.02 Å². The van der Waals surface area contributed by atoms with Crippen molar-refractivity contribution in [2.75, 3.05) is 20.1 Å². The summed E-state index contributed by atoms with van der Waals surface area (Å²) in [7, 11) is 1.88. The van der Waals surface area contributed by atoms with Crippen molar-refractivity contribution in [1.29, 1.82) is 0 Å². The van der Waals surface area contributed by atoms with Crippen LogP contribution in [0.3, 0.4) is 0 Å². The molecular weight excluding hydrogens is 363 g/mol. The first kappa shape index (κ1) is 14.1. The quantitative estimate of drug-likeness (QED) is 0.803. The molecule has 0 unspecified atom stereocenters. The number of hydrogen-bond acceptors (Lipinski definition) is 2. The van der Waals surface area contributed by atoms with Gasteiger partial charge in [-0.3, -0.25) is 4.79 Å². The highest BCUT2D eigenvalue weighted by molar-refractivity contribution is 14.1. The molecule has 1 fully saturated rings. The minimum atomic E-state index is 0.0557. The van der Waals surface area contributed by atoms with Gasteiger partial charge in [-0.2, -0.15) is 0 Å². The Morgan fingerprint density at radius 3 is 2.72 bits per heavy atom. The first-order valence-electron chi connectivity index (χ1n) is 6.02. The van der Waals surface area contributed by atoms with Gasteiger partial charge < -0.3 is 10.2 Å². The fraction of sp³-hybridized carbons (Fsp3) is 0.462. The molecule has 2 rings (SSSR count). The number of nitrogens with one attached hydrogen (secondary N) is 1. The lowest BCUT2D eigenvalue weighted by Crippen LogP contribution is -2.43. The molecule has 0 saturated carbocycles. The molecule has 1 heterocycles. The third-order valence-corrected chi connectivity index (χ3v) is 4.92. The van der Waals surface area contributed by atoms with Gasteiger partial charge in [0, 0.05) is 22.2 Å². The molecule has 1 aliphatic heterocycles. The lowest BCUT2D eigenvalue weighted by molar-refractivity contribution is 0.0703. The maximum Gasteiger partial charge on any atom is 0.253 e. The highest BCUT2D eigenvalue weighted by Crippen LogP contribution is 2.21. The Morgan fingerprint density at radius 1 is 1.44 bits per heavy atom. The summed E-state index contributed by atoms with van der Waals surface area (Å²) < 4.78 is 0.968. The Morgan fingerprint density at radius 2 is 2.11 bits per heavy atom. The summed E-state index contributed by atoms with van der Waals surface area (Å²) in [5, 5.41) is 3.94. The number of carbonyl (C=O) groups is 1. The minimum absolute atomic E-state index is 0.0557. The van der Waals surface area contributed by atoms with Gasteiger partial charge in [-0.05, 0) is 66.7 Å². The van der Waals surface area contributed by atoms with E-state index < -0.39 is 0 Å². The lowest BCUT2D eigenvalue weighted by Gasteiger charge is -2.31. The molecule has 3 nitrogen and oxygen atoms in total. The molecule has 0 atom stereocenters. The zero-order chi connectivity index (χ0) is 13.1. The summed E-state index contributed by atoms with van der Waals surface area (Å²) in [5.41, 5.74) is 0.668. The van der Waals surface area contributed by atoms with Gasteiger partial charge in [0.15, 0.2) is 0 Å². The standard InChI is InChI=1S/C13H16ClIN2O/c1-17(10-4-6-16-7-5-10)13(18)9-2-3-12(15)11(14)8-9/h2-3,8,10,16H,4-7H2,1H3. The molecule has 0 spiro atoms. The van der Waals surface area contributed by atoms with Crippen LogP contribution in [0.25, 0.3) is 0 Å². The molecule has 1 aliphatic rings. The summed E-state index contributed by atoms with van der Waals surface area (Å²) in [4.78, 5) is 14.2. The minimum Gasteiger partial charge on any atom is -0.339 e. The average molecular weight is 379 g/mol. The van der Waals surface area contributed by atoms with E-state index in [1.165, 1.54) is 0 Å². The summed E-state index contributed by atoms with van der Waals surface area (Å²) in [5.74, 6) is 0.0557. The van der Waals surface area contributed by atoms with Crippen LogP contribution < -0.4 is 5.32 Å². The van der Waals surface area contributed by atoms with Gasteiger partial charge in [-0.25, -0.2) is 0 Å². The average Bonchev–Trinajstić information content (AvgIpc) is 2.41. The van der Waals surface area contributed by atoms with Crippen molar-refractivity contribution in [1.82, 2.24) is 10.2 Å². The van der Waals surface area contributed by atoms with Gasteiger partial charge in [-0.1, -0.05) is 11.6 Å². The lowest BCUT2D eigenvalue weighted by atomic mass is 10.0. The number of nitrogens with zero attached hydrogens (tertiary/aromatic N) is 1. The number of piperidine rings is 1. The largest absolute Gasteiger partial charge is 0.339 e. The summed E-state index contributed by atoms with van der Waals surface area (Å²) in [6.07, 6.45) is 2.03. The summed E-state index contributed by atoms with van der Waals surface area (Å²) >= 11 is 8.22. The van der Waals surface area contributed by atoms with E-state index in [1.807, 2.05) is 24.1 Å². The second-order valence-corrected chi connectivity index (χ2v) is 6.10. The van der Waals surface area contributed by atoms with Gasteiger partial charge in [-0.15, -0.1) is 0 Å². The van der Waals surface area contributed by atoms with Crippen LogP contribution in [0.2, 0.25) is 5.02 Å². The number of carbonyl (C=O) groups excluding carboxylic acids is 1. The van der Waals surface area contributed by atoms with Crippen LogP contribution in [0.1, 0.15) is 23.2 Å². The summed E-state index contributed by atoms with van der Waals surface area (Å²) in [6, 6.07) is 5.81. The summed E-state index contributed by atoms with van der Waals surface area (Å²) in [6.45, 7) is 1.96. The smallest absolute Gasteiger partial charge is 0.253 e. The van der Waals surface area contributed by atoms with E-state index in [4.69, 9.17) is 11.6 Å². The van der Waals surface area contributed by atoms with Crippen LogP contribution in [0.15, 0.2) is 18.2 Å². The van der Waals surface area contributed by atoms with E-state index in [0.717, 1.165) is 29.5 Å². The number of rotatable bonds is 2. The van der Waals surface area contributed by atoms with E-state index in [9.17, 15) is 4.79 Å². The number of amides is 1. The van der Waals surface area contributed by atoms with E-state index >= 15 is 0 Å². The van der Waals surface area contributed by atoms with E-state index in [0.29, 0.717) is 16.6 Å². The third kappa shape index (κ3) is 3.16. The maximum absolute atomic E-state index is 12.4. The molecule has 1 aromatic carbocycles. The number of hydrogen-bond donors (Lipinski definition) is 1. The zero-order valence-corrected chi connectivity index (χ0v) is 13.2. The van der Waals surface area contributed by atoms with Crippen LogP contribution in [-0.2, 0) is 0 Å². The first-order valence-corrected chi connectivity index (χ1v) is 7.48. The molecule has 18 heavy (non-hydrogen) atoms. The molecule has 5 heteroatoms. The van der Waals surface area contributed by atoms with Crippen LogP contribution >= 0.6 is 34.2 Å². The highest BCUT2D eigenvalue weighted by atomic mass is 127.